The van der Waals surface area contributed by atoms with Gasteiger partial charge in [-0.25, -0.2) is 8.42 Å². The molecule has 0 N–H and O–H groups in total. The molecule has 0 aliphatic carbocycles. The highest BCUT2D eigenvalue weighted by Crippen LogP contribution is 2.21. The van der Waals surface area contributed by atoms with Crippen LogP contribution in [0.1, 0.15) is 15.9 Å². The maximum atomic E-state index is 12.8. The van der Waals surface area contributed by atoms with Gasteiger partial charge in [0.05, 0.1) is 10.5 Å². The Balaban J connectivity index is 1.74. The fourth-order valence-corrected chi connectivity index (χ4v) is 4.97. The van der Waals surface area contributed by atoms with Crippen molar-refractivity contribution in [3.8, 4) is 6.07 Å². The maximum absolute atomic E-state index is 12.8. The van der Waals surface area contributed by atoms with Crippen molar-refractivity contribution in [2.24, 2.45) is 0 Å². The van der Waals surface area contributed by atoms with Gasteiger partial charge in [0.25, 0.3) is 5.91 Å². The molecule has 134 valence electrons. The minimum atomic E-state index is -3.75. The average molecular weight is 481 g/mol. The molecule has 26 heavy (non-hydrogen) atoms. The number of rotatable bonds is 3. The fourth-order valence-electron chi connectivity index (χ4n) is 2.86. The first-order chi connectivity index (χ1) is 12.4. The van der Waals surface area contributed by atoms with E-state index in [1.54, 1.807) is 23.1 Å². The van der Waals surface area contributed by atoms with Gasteiger partial charge in [0, 0.05) is 35.3 Å². The van der Waals surface area contributed by atoms with Crippen molar-refractivity contribution in [1.29, 1.82) is 5.26 Å². The van der Waals surface area contributed by atoms with Gasteiger partial charge in [0.15, 0.2) is 0 Å². The lowest BCUT2D eigenvalue weighted by Gasteiger charge is -2.34. The van der Waals surface area contributed by atoms with Gasteiger partial charge in [0.1, 0.15) is 6.07 Å². The lowest BCUT2D eigenvalue weighted by atomic mass is 10.2. The van der Waals surface area contributed by atoms with E-state index in [9.17, 15) is 13.2 Å². The Hall–Kier alpha value is -1.96. The van der Waals surface area contributed by atoms with Crippen LogP contribution < -0.4 is 0 Å². The van der Waals surface area contributed by atoms with E-state index in [-0.39, 0.29) is 29.5 Å². The van der Waals surface area contributed by atoms with E-state index in [0.29, 0.717) is 18.7 Å². The molecule has 1 amide bonds. The number of nitriles is 1. The van der Waals surface area contributed by atoms with Crippen LogP contribution in [-0.2, 0) is 10.0 Å². The van der Waals surface area contributed by atoms with Gasteiger partial charge in [-0.05, 0) is 52.9 Å². The van der Waals surface area contributed by atoms with Crippen molar-refractivity contribution < 1.29 is 13.2 Å². The van der Waals surface area contributed by atoms with Crippen LogP contribution >= 0.6 is 22.6 Å². The van der Waals surface area contributed by atoms with Crippen LogP contribution in [0.3, 0.4) is 0 Å². The number of nitrogens with zero attached hydrogens (tertiary/aromatic N) is 3. The highest BCUT2D eigenvalue weighted by atomic mass is 127. The van der Waals surface area contributed by atoms with Crippen LogP contribution in [0.25, 0.3) is 0 Å². The van der Waals surface area contributed by atoms with E-state index in [4.69, 9.17) is 5.26 Å². The number of benzene rings is 2. The summed E-state index contributed by atoms with van der Waals surface area (Å²) in [5, 5.41) is 9.16. The topological polar surface area (TPSA) is 81.5 Å². The van der Waals surface area contributed by atoms with Crippen molar-refractivity contribution in [1.82, 2.24) is 9.21 Å². The number of sulfonamides is 1. The predicted octanol–water partition coefficient (Wildman–Crippen LogP) is 2.31. The summed E-state index contributed by atoms with van der Waals surface area (Å²) < 4.78 is 28.0. The molecule has 1 aliphatic rings. The monoisotopic (exact) mass is 481 g/mol. The van der Waals surface area contributed by atoms with Crippen molar-refractivity contribution in [2.45, 2.75) is 4.90 Å². The van der Waals surface area contributed by atoms with Crippen molar-refractivity contribution >= 4 is 38.5 Å². The molecule has 8 heteroatoms. The van der Waals surface area contributed by atoms with Crippen LogP contribution in [0.5, 0.6) is 0 Å². The Bertz CT molecular complexity index is 977. The predicted molar refractivity (Wildman–Crippen MR) is 105 cm³/mol. The van der Waals surface area contributed by atoms with Crippen molar-refractivity contribution in [2.75, 3.05) is 26.2 Å². The highest BCUT2D eigenvalue weighted by molar-refractivity contribution is 14.1. The second-order valence-electron chi connectivity index (χ2n) is 5.81. The molecule has 0 atom stereocenters. The molecule has 1 fully saturated rings. The Labute approximate surface area is 166 Å². The summed E-state index contributed by atoms with van der Waals surface area (Å²) in [5.41, 5.74) is 0.730. The largest absolute Gasteiger partial charge is 0.336 e. The standard InChI is InChI=1S/C18H16IN3O3S/c19-16-6-3-5-14(12-16)18(23)21-8-10-22(11-9-21)26(24,25)17-7-2-1-4-15(17)13-20/h1-7,12H,8-11H2. The third kappa shape index (κ3) is 3.75. The zero-order chi connectivity index (χ0) is 18.7. The fraction of sp³-hybridized carbons (Fsp3) is 0.222. The smallest absolute Gasteiger partial charge is 0.253 e. The van der Waals surface area contributed by atoms with E-state index in [1.165, 1.54) is 16.4 Å². The van der Waals surface area contributed by atoms with Gasteiger partial charge in [-0.2, -0.15) is 9.57 Å². The van der Waals surface area contributed by atoms with Gasteiger partial charge in [0.2, 0.25) is 10.0 Å². The molecule has 3 rings (SSSR count). The van der Waals surface area contributed by atoms with E-state index in [0.717, 1.165) is 3.57 Å². The molecule has 2 aromatic rings. The average Bonchev–Trinajstić information content (AvgIpc) is 2.67. The molecule has 0 spiro atoms. The summed E-state index contributed by atoms with van der Waals surface area (Å²) in [6.07, 6.45) is 0. The molecule has 0 radical (unpaired) electrons. The molecule has 0 unspecified atom stereocenters. The van der Waals surface area contributed by atoms with Crippen molar-refractivity contribution in [3.05, 3.63) is 63.2 Å². The van der Waals surface area contributed by atoms with Gasteiger partial charge in [-0.15, -0.1) is 0 Å². The molecule has 6 nitrogen and oxygen atoms in total. The number of hydrogen-bond donors (Lipinski definition) is 0. The second kappa shape index (κ2) is 7.73. The third-order valence-electron chi connectivity index (χ3n) is 4.22. The normalized spacial score (nSPS) is 15.5. The highest BCUT2D eigenvalue weighted by Gasteiger charge is 2.31. The van der Waals surface area contributed by atoms with Gasteiger partial charge < -0.3 is 4.90 Å². The SMILES string of the molecule is N#Cc1ccccc1S(=O)(=O)N1CCN(C(=O)c2cccc(I)c2)CC1. The molecular weight excluding hydrogens is 465 g/mol. The van der Waals surface area contributed by atoms with Crippen molar-refractivity contribution in [3.63, 3.8) is 0 Å². The Kier molecular flexibility index (Phi) is 5.60. The lowest BCUT2D eigenvalue weighted by molar-refractivity contribution is 0.0698. The number of piperazine rings is 1. The zero-order valence-electron chi connectivity index (χ0n) is 13.8. The molecule has 2 aromatic carbocycles. The van der Waals surface area contributed by atoms with Crippen LogP contribution in [0.4, 0.5) is 0 Å². The molecule has 0 bridgehead atoms. The van der Waals surface area contributed by atoms with E-state index in [2.05, 4.69) is 22.6 Å². The number of amides is 1. The van der Waals surface area contributed by atoms with E-state index < -0.39 is 10.0 Å². The maximum Gasteiger partial charge on any atom is 0.253 e. The molecule has 1 heterocycles. The molecule has 1 saturated heterocycles. The van der Waals surface area contributed by atoms with Crippen LogP contribution in [0.15, 0.2) is 53.4 Å². The summed E-state index contributed by atoms with van der Waals surface area (Å²) in [6.45, 7) is 1.05. The first-order valence-electron chi connectivity index (χ1n) is 7.97. The summed E-state index contributed by atoms with van der Waals surface area (Å²) in [6, 6.07) is 15.4. The van der Waals surface area contributed by atoms with Gasteiger partial charge >= 0.3 is 0 Å². The molecule has 0 saturated carbocycles. The quantitative estimate of drug-likeness (QED) is 0.631. The van der Waals surface area contributed by atoms with E-state index in [1.807, 2.05) is 24.3 Å². The summed E-state index contributed by atoms with van der Waals surface area (Å²) >= 11 is 2.15. The van der Waals surface area contributed by atoms with Gasteiger partial charge in [-0.1, -0.05) is 18.2 Å². The number of hydrogen-bond acceptors (Lipinski definition) is 4. The minimum absolute atomic E-state index is 0.0138. The molecule has 1 aliphatic heterocycles. The Morgan fingerprint density at radius 1 is 1.04 bits per heavy atom. The first kappa shape index (κ1) is 18.8. The molecule has 0 aromatic heterocycles. The third-order valence-corrected chi connectivity index (χ3v) is 6.85. The minimum Gasteiger partial charge on any atom is -0.336 e. The summed E-state index contributed by atoms with van der Waals surface area (Å²) in [7, 11) is -3.75. The number of carbonyl (C=O) groups excluding carboxylic acids is 1. The van der Waals surface area contributed by atoms with Crippen LogP contribution in [-0.4, -0.2) is 49.7 Å². The summed E-state index contributed by atoms with van der Waals surface area (Å²) in [5.74, 6) is -0.0991. The molecular formula is C18H16IN3O3S. The zero-order valence-corrected chi connectivity index (χ0v) is 16.8. The van der Waals surface area contributed by atoms with Gasteiger partial charge in [-0.3, -0.25) is 4.79 Å². The Morgan fingerprint density at radius 3 is 2.38 bits per heavy atom. The van der Waals surface area contributed by atoms with Crippen LogP contribution in [0, 0.1) is 14.9 Å². The number of halogens is 1. The number of carbonyl (C=O) groups is 1. The second-order valence-corrected chi connectivity index (χ2v) is 8.97. The first-order valence-corrected chi connectivity index (χ1v) is 10.5. The lowest BCUT2D eigenvalue weighted by Crippen LogP contribution is -2.50. The van der Waals surface area contributed by atoms with Crippen LogP contribution in [0.2, 0.25) is 0 Å². The van der Waals surface area contributed by atoms with E-state index >= 15 is 0 Å². The Morgan fingerprint density at radius 2 is 1.73 bits per heavy atom. The summed E-state index contributed by atoms with van der Waals surface area (Å²) in [4.78, 5) is 14.3.